The Morgan fingerprint density at radius 2 is 2.12 bits per heavy atom. The van der Waals surface area contributed by atoms with Crippen LogP contribution in [0.5, 0.6) is 0 Å². The van der Waals surface area contributed by atoms with E-state index in [1.165, 1.54) is 13.3 Å². The number of Topliss-reactive ketones (excluding diaryl/α,β-unsaturated/α-hetero) is 1. The van der Waals surface area contributed by atoms with Crippen LogP contribution in [0, 0.1) is 0 Å². The standard InChI is InChI=1S/C12H21NO3/c1-10(14)5-6-12(15)13-8-7-11-4-2-3-9-16-11/h11H,2-9H2,1H3,(H,13,15). The van der Waals surface area contributed by atoms with Gasteiger partial charge in [-0.05, 0) is 32.6 Å². The summed E-state index contributed by atoms with van der Waals surface area (Å²) in [6.07, 6.45) is 5.31. The fraction of sp³-hybridized carbons (Fsp3) is 0.833. The van der Waals surface area contributed by atoms with Gasteiger partial charge < -0.3 is 14.8 Å². The van der Waals surface area contributed by atoms with Crippen molar-refractivity contribution in [1.82, 2.24) is 5.32 Å². The van der Waals surface area contributed by atoms with Gasteiger partial charge in [0, 0.05) is 26.0 Å². The van der Waals surface area contributed by atoms with Crippen molar-refractivity contribution in [2.75, 3.05) is 13.2 Å². The smallest absolute Gasteiger partial charge is 0.220 e. The molecule has 1 aliphatic rings. The summed E-state index contributed by atoms with van der Waals surface area (Å²) in [5.74, 6) is 0.0248. The SMILES string of the molecule is CC(=O)CCC(=O)NCCC1CCCCO1. The fourth-order valence-corrected chi connectivity index (χ4v) is 1.79. The number of carbonyl (C=O) groups excluding carboxylic acids is 2. The summed E-state index contributed by atoms with van der Waals surface area (Å²) in [6, 6.07) is 0. The highest BCUT2D eigenvalue weighted by molar-refractivity contribution is 5.83. The van der Waals surface area contributed by atoms with Crippen LogP contribution < -0.4 is 5.32 Å². The van der Waals surface area contributed by atoms with Crippen molar-refractivity contribution in [3.63, 3.8) is 0 Å². The van der Waals surface area contributed by atoms with Crippen LogP contribution in [0.25, 0.3) is 0 Å². The average Bonchev–Trinajstić information content (AvgIpc) is 2.28. The number of rotatable bonds is 6. The third-order valence-electron chi connectivity index (χ3n) is 2.77. The molecule has 4 nitrogen and oxygen atoms in total. The average molecular weight is 227 g/mol. The molecule has 0 saturated carbocycles. The number of nitrogens with one attached hydrogen (secondary N) is 1. The summed E-state index contributed by atoms with van der Waals surface area (Å²) in [7, 11) is 0. The molecule has 1 heterocycles. The molecule has 1 amide bonds. The molecule has 0 aliphatic carbocycles. The molecule has 1 saturated heterocycles. The fourth-order valence-electron chi connectivity index (χ4n) is 1.79. The van der Waals surface area contributed by atoms with Gasteiger partial charge in [-0.2, -0.15) is 0 Å². The van der Waals surface area contributed by atoms with Crippen LogP contribution in [0.3, 0.4) is 0 Å². The van der Waals surface area contributed by atoms with E-state index in [1.807, 2.05) is 0 Å². The molecule has 1 fully saturated rings. The molecule has 0 spiro atoms. The Kier molecular flexibility index (Phi) is 6.08. The highest BCUT2D eigenvalue weighted by atomic mass is 16.5. The second kappa shape index (κ2) is 7.39. The van der Waals surface area contributed by atoms with Gasteiger partial charge in [0.05, 0.1) is 6.10 Å². The summed E-state index contributed by atoms with van der Waals surface area (Å²) < 4.78 is 5.55. The Labute approximate surface area is 96.7 Å². The summed E-state index contributed by atoms with van der Waals surface area (Å²) in [4.78, 5) is 22.0. The first-order valence-corrected chi connectivity index (χ1v) is 6.06. The molecule has 1 aliphatic heterocycles. The Morgan fingerprint density at radius 3 is 2.75 bits per heavy atom. The zero-order valence-electron chi connectivity index (χ0n) is 9.96. The van der Waals surface area contributed by atoms with Crippen LogP contribution in [0.15, 0.2) is 0 Å². The monoisotopic (exact) mass is 227 g/mol. The predicted octanol–water partition coefficient (Wildman–Crippen LogP) is 1.43. The minimum atomic E-state index is -0.0361. The lowest BCUT2D eigenvalue weighted by Crippen LogP contribution is -2.29. The summed E-state index contributed by atoms with van der Waals surface area (Å²) in [5.41, 5.74) is 0. The van der Waals surface area contributed by atoms with Crippen molar-refractivity contribution in [2.24, 2.45) is 0 Å². The number of ketones is 1. The highest BCUT2D eigenvalue weighted by Gasteiger charge is 2.13. The Morgan fingerprint density at radius 1 is 1.31 bits per heavy atom. The number of ether oxygens (including phenoxy) is 1. The first kappa shape index (κ1) is 13.2. The van der Waals surface area contributed by atoms with E-state index < -0.39 is 0 Å². The van der Waals surface area contributed by atoms with Crippen molar-refractivity contribution >= 4 is 11.7 Å². The lowest BCUT2D eigenvalue weighted by Gasteiger charge is -2.22. The van der Waals surface area contributed by atoms with Crippen molar-refractivity contribution < 1.29 is 14.3 Å². The number of hydrogen-bond donors (Lipinski definition) is 1. The molecular formula is C12H21NO3. The van der Waals surface area contributed by atoms with Gasteiger partial charge in [0.25, 0.3) is 0 Å². The molecule has 4 heteroatoms. The van der Waals surface area contributed by atoms with Gasteiger partial charge in [0.1, 0.15) is 5.78 Å². The maximum absolute atomic E-state index is 11.3. The van der Waals surface area contributed by atoms with E-state index >= 15 is 0 Å². The number of carbonyl (C=O) groups is 2. The molecule has 92 valence electrons. The topological polar surface area (TPSA) is 55.4 Å². The van der Waals surface area contributed by atoms with Gasteiger partial charge in [0.15, 0.2) is 0 Å². The molecule has 0 bridgehead atoms. The summed E-state index contributed by atoms with van der Waals surface area (Å²) >= 11 is 0. The van der Waals surface area contributed by atoms with Gasteiger partial charge in [-0.15, -0.1) is 0 Å². The van der Waals surface area contributed by atoms with Crippen molar-refractivity contribution in [1.29, 1.82) is 0 Å². The molecule has 0 aromatic rings. The van der Waals surface area contributed by atoms with Crippen LogP contribution >= 0.6 is 0 Å². The quantitative estimate of drug-likeness (QED) is 0.747. The first-order chi connectivity index (χ1) is 7.68. The molecule has 16 heavy (non-hydrogen) atoms. The van der Waals surface area contributed by atoms with Gasteiger partial charge in [-0.1, -0.05) is 0 Å². The third kappa shape index (κ3) is 5.85. The van der Waals surface area contributed by atoms with E-state index in [-0.39, 0.29) is 11.7 Å². The molecule has 1 N–H and O–H groups in total. The van der Waals surface area contributed by atoms with Gasteiger partial charge in [0.2, 0.25) is 5.91 Å². The van der Waals surface area contributed by atoms with E-state index in [0.29, 0.717) is 25.5 Å². The van der Waals surface area contributed by atoms with Crippen LogP contribution in [0.2, 0.25) is 0 Å². The number of hydrogen-bond acceptors (Lipinski definition) is 3. The zero-order chi connectivity index (χ0) is 11.8. The van der Waals surface area contributed by atoms with E-state index in [4.69, 9.17) is 4.74 Å². The molecule has 0 aromatic heterocycles. The van der Waals surface area contributed by atoms with E-state index in [9.17, 15) is 9.59 Å². The minimum Gasteiger partial charge on any atom is -0.378 e. The van der Waals surface area contributed by atoms with E-state index in [0.717, 1.165) is 25.9 Å². The van der Waals surface area contributed by atoms with Crippen molar-refractivity contribution in [3.05, 3.63) is 0 Å². The second-order valence-corrected chi connectivity index (χ2v) is 4.33. The van der Waals surface area contributed by atoms with E-state index in [2.05, 4.69) is 5.32 Å². The van der Waals surface area contributed by atoms with Gasteiger partial charge in [-0.3, -0.25) is 4.79 Å². The van der Waals surface area contributed by atoms with Crippen LogP contribution in [-0.4, -0.2) is 30.9 Å². The van der Waals surface area contributed by atoms with Gasteiger partial charge >= 0.3 is 0 Å². The minimum absolute atomic E-state index is 0.0361. The lowest BCUT2D eigenvalue weighted by molar-refractivity contribution is -0.124. The Bertz CT molecular complexity index is 234. The summed E-state index contributed by atoms with van der Waals surface area (Å²) in [5, 5.41) is 2.81. The maximum Gasteiger partial charge on any atom is 0.220 e. The van der Waals surface area contributed by atoms with Crippen LogP contribution in [0.4, 0.5) is 0 Å². The predicted molar refractivity (Wildman–Crippen MR) is 61.1 cm³/mol. The zero-order valence-corrected chi connectivity index (χ0v) is 9.96. The lowest BCUT2D eigenvalue weighted by atomic mass is 10.1. The third-order valence-corrected chi connectivity index (χ3v) is 2.77. The molecule has 1 atom stereocenters. The molecule has 1 rings (SSSR count). The Hall–Kier alpha value is -0.900. The van der Waals surface area contributed by atoms with Gasteiger partial charge in [-0.25, -0.2) is 0 Å². The van der Waals surface area contributed by atoms with Crippen molar-refractivity contribution in [3.8, 4) is 0 Å². The first-order valence-electron chi connectivity index (χ1n) is 6.06. The van der Waals surface area contributed by atoms with Crippen LogP contribution in [-0.2, 0) is 14.3 Å². The maximum atomic E-state index is 11.3. The molecule has 0 radical (unpaired) electrons. The number of amides is 1. The van der Waals surface area contributed by atoms with Crippen molar-refractivity contribution in [2.45, 2.75) is 51.6 Å². The second-order valence-electron chi connectivity index (χ2n) is 4.33. The normalized spacial score (nSPS) is 20.4. The largest absolute Gasteiger partial charge is 0.378 e. The highest BCUT2D eigenvalue weighted by Crippen LogP contribution is 2.14. The summed E-state index contributed by atoms with van der Waals surface area (Å²) in [6.45, 7) is 3.01. The molecule has 1 unspecified atom stereocenters. The Balaban J connectivity index is 2.01. The van der Waals surface area contributed by atoms with E-state index in [1.54, 1.807) is 0 Å². The molecular weight excluding hydrogens is 206 g/mol. The van der Waals surface area contributed by atoms with Crippen LogP contribution in [0.1, 0.15) is 45.4 Å². The molecule has 0 aromatic carbocycles.